The van der Waals surface area contributed by atoms with Crippen LogP contribution < -0.4 is 5.32 Å². The number of carboxylic acid groups (broad SMARTS) is 1. The number of carbonyl (C=O) groups is 2. The van der Waals surface area contributed by atoms with Gasteiger partial charge >= 0.3 is 12.0 Å². The number of amides is 2. The first-order valence-electron chi connectivity index (χ1n) is 5.55. The quantitative estimate of drug-likeness (QED) is 0.739. The molecule has 0 aliphatic heterocycles. The van der Waals surface area contributed by atoms with Gasteiger partial charge in [-0.1, -0.05) is 11.6 Å². The Labute approximate surface area is 102 Å². The van der Waals surface area contributed by atoms with Gasteiger partial charge in [0.05, 0.1) is 0 Å². The summed E-state index contributed by atoms with van der Waals surface area (Å²) in [6.07, 6.45) is 1.87. The number of hydrogen-bond donors (Lipinski definition) is 2. The lowest BCUT2D eigenvalue weighted by Crippen LogP contribution is -2.52. The fraction of sp³-hybridized carbons (Fsp3) is 0.667. The van der Waals surface area contributed by atoms with Crippen molar-refractivity contribution in [1.82, 2.24) is 10.2 Å². The predicted molar refractivity (Wildman–Crippen MR) is 66.9 cm³/mol. The monoisotopic (exact) mass is 242 g/mol. The van der Waals surface area contributed by atoms with Gasteiger partial charge in [-0.3, -0.25) is 4.79 Å². The van der Waals surface area contributed by atoms with Gasteiger partial charge in [-0.15, -0.1) is 0 Å². The normalized spacial score (nSPS) is 10.6. The summed E-state index contributed by atoms with van der Waals surface area (Å²) in [6, 6.07) is -0.364. The molecule has 0 unspecified atom stereocenters. The molecule has 0 radical (unpaired) electrons. The van der Waals surface area contributed by atoms with Gasteiger partial charge in [0.15, 0.2) is 0 Å². The van der Waals surface area contributed by atoms with E-state index in [1.165, 1.54) is 4.90 Å². The minimum atomic E-state index is -1.02. The van der Waals surface area contributed by atoms with E-state index in [1.54, 1.807) is 20.8 Å². The number of carboxylic acids is 1. The Morgan fingerprint density at radius 3 is 2.18 bits per heavy atom. The summed E-state index contributed by atoms with van der Waals surface area (Å²) < 4.78 is 0. The van der Waals surface area contributed by atoms with E-state index >= 15 is 0 Å². The highest BCUT2D eigenvalue weighted by atomic mass is 16.4. The van der Waals surface area contributed by atoms with Gasteiger partial charge in [0.25, 0.3) is 0 Å². The maximum atomic E-state index is 11.8. The molecule has 2 N–H and O–H groups in total. The third kappa shape index (κ3) is 6.60. The summed E-state index contributed by atoms with van der Waals surface area (Å²) in [7, 11) is 0. The molecule has 0 rings (SSSR count). The van der Waals surface area contributed by atoms with E-state index in [-0.39, 0.29) is 12.6 Å². The fourth-order valence-corrected chi connectivity index (χ4v) is 1.19. The van der Waals surface area contributed by atoms with Crippen LogP contribution in [0.2, 0.25) is 0 Å². The number of urea groups is 1. The molecule has 0 aromatic carbocycles. The van der Waals surface area contributed by atoms with Crippen LogP contribution in [0.15, 0.2) is 11.6 Å². The smallest absolute Gasteiger partial charge is 0.323 e. The van der Waals surface area contributed by atoms with Crippen LogP contribution in [0.1, 0.15) is 34.6 Å². The number of allylic oxidation sites excluding steroid dienone is 1. The zero-order valence-corrected chi connectivity index (χ0v) is 11.2. The fourth-order valence-electron chi connectivity index (χ4n) is 1.19. The van der Waals surface area contributed by atoms with Crippen molar-refractivity contribution in [3.05, 3.63) is 11.6 Å². The number of nitrogens with one attached hydrogen (secondary N) is 1. The van der Waals surface area contributed by atoms with Crippen LogP contribution in [-0.2, 0) is 4.79 Å². The third-order valence-corrected chi connectivity index (χ3v) is 2.11. The Balaban J connectivity index is 4.55. The summed E-state index contributed by atoms with van der Waals surface area (Å²) in [5.41, 5.74) is 0.582. The lowest BCUT2D eigenvalue weighted by atomic mass is 10.1. The van der Waals surface area contributed by atoms with Crippen molar-refractivity contribution in [2.24, 2.45) is 0 Å². The molecule has 5 nitrogen and oxygen atoms in total. The molecule has 0 saturated carbocycles. The molecule has 0 heterocycles. The molecule has 0 bridgehead atoms. The van der Waals surface area contributed by atoms with E-state index in [0.29, 0.717) is 6.54 Å². The van der Waals surface area contributed by atoms with Gasteiger partial charge in [-0.25, -0.2) is 4.79 Å². The summed E-state index contributed by atoms with van der Waals surface area (Å²) in [5, 5.41) is 11.4. The van der Waals surface area contributed by atoms with Crippen LogP contribution in [0.3, 0.4) is 0 Å². The topological polar surface area (TPSA) is 69.6 Å². The van der Waals surface area contributed by atoms with Gasteiger partial charge in [-0.2, -0.15) is 0 Å². The van der Waals surface area contributed by atoms with Crippen molar-refractivity contribution >= 4 is 12.0 Å². The zero-order valence-electron chi connectivity index (χ0n) is 11.2. The van der Waals surface area contributed by atoms with Crippen LogP contribution >= 0.6 is 0 Å². The summed E-state index contributed by atoms with van der Waals surface area (Å²) >= 11 is 0. The lowest BCUT2D eigenvalue weighted by Gasteiger charge is -2.34. The van der Waals surface area contributed by atoms with Crippen LogP contribution in [0.5, 0.6) is 0 Å². The van der Waals surface area contributed by atoms with Gasteiger partial charge in [0.1, 0.15) is 6.54 Å². The molecule has 0 aliphatic rings. The van der Waals surface area contributed by atoms with Crippen molar-refractivity contribution in [2.45, 2.75) is 40.2 Å². The van der Waals surface area contributed by atoms with E-state index in [4.69, 9.17) is 5.11 Å². The van der Waals surface area contributed by atoms with E-state index in [2.05, 4.69) is 5.32 Å². The lowest BCUT2D eigenvalue weighted by molar-refractivity contribution is -0.138. The number of rotatable bonds is 4. The first kappa shape index (κ1) is 15.5. The van der Waals surface area contributed by atoms with E-state index < -0.39 is 11.5 Å². The minimum absolute atomic E-state index is 0.301. The molecule has 0 saturated heterocycles. The molecule has 0 aromatic heterocycles. The molecule has 2 amide bonds. The number of carbonyl (C=O) groups excluding carboxylic acids is 1. The molecule has 17 heavy (non-hydrogen) atoms. The van der Waals surface area contributed by atoms with Crippen molar-refractivity contribution in [3.8, 4) is 0 Å². The van der Waals surface area contributed by atoms with Gasteiger partial charge in [-0.05, 0) is 34.6 Å². The van der Waals surface area contributed by atoms with Crippen molar-refractivity contribution in [3.63, 3.8) is 0 Å². The third-order valence-electron chi connectivity index (χ3n) is 2.11. The molecule has 0 fully saturated rings. The van der Waals surface area contributed by atoms with Crippen LogP contribution in [0, 0.1) is 0 Å². The van der Waals surface area contributed by atoms with Gasteiger partial charge < -0.3 is 15.3 Å². The van der Waals surface area contributed by atoms with E-state index in [0.717, 1.165) is 5.57 Å². The van der Waals surface area contributed by atoms with Crippen molar-refractivity contribution in [2.75, 3.05) is 13.1 Å². The second kappa shape index (κ2) is 6.27. The first-order chi connectivity index (χ1) is 7.64. The van der Waals surface area contributed by atoms with E-state index in [1.807, 2.05) is 19.9 Å². The molecule has 0 aromatic rings. The second-order valence-corrected chi connectivity index (χ2v) is 5.12. The van der Waals surface area contributed by atoms with Crippen molar-refractivity contribution < 1.29 is 14.7 Å². The maximum absolute atomic E-state index is 11.8. The standard InChI is InChI=1S/C12H22N2O3/c1-9(2)6-7-13-11(17)14(8-10(15)16)12(3,4)5/h6H,7-8H2,1-5H3,(H,13,17)(H,15,16). The maximum Gasteiger partial charge on any atom is 0.323 e. The molecule has 0 aliphatic carbocycles. The minimum Gasteiger partial charge on any atom is -0.480 e. The Kier molecular flexibility index (Phi) is 5.71. The summed E-state index contributed by atoms with van der Waals surface area (Å²) in [4.78, 5) is 23.8. The Hall–Kier alpha value is -1.52. The van der Waals surface area contributed by atoms with E-state index in [9.17, 15) is 9.59 Å². The largest absolute Gasteiger partial charge is 0.480 e. The highest BCUT2D eigenvalue weighted by molar-refractivity contribution is 5.80. The number of aliphatic carboxylic acids is 1. The molecule has 98 valence electrons. The highest BCUT2D eigenvalue weighted by Crippen LogP contribution is 2.12. The molecule has 0 spiro atoms. The summed E-state index contributed by atoms with van der Waals surface area (Å²) in [5.74, 6) is -1.02. The zero-order chi connectivity index (χ0) is 13.6. The van der Waals surface area contributed by atoms with Crippen LogP contribution in [0.4, 0.5) is 4.79 Å². The number of hydrogen-bond acceptors (Lipinski definition) is 2. The van der Waals surface area contributed by atoms with Crippen molar-refractivity contribution in [1.29, 1.82) is 0 Å². The molecular formula is C12H22N2O3. The van der Waals surface area contributed by atoms with Crippen LogP contribution in [-0.4, -0.2) is 40.6 Å². The molecule has 5 heteroatoms. The molecule has 0 atom stereocenters. The van der Waals surface area contributed by atoms with Gasteiger partial charge in [0, 0.05) is 12.1 Å². The SMILES string of the molecule is CC(C)=CCNC(=O)N(CC(=O)O)C(C)(C)C. The number of nitrogens with zero attached hydrogens (tertiary/aromatic N) is 1. The second-order valence-electron chi connectivity index (χ2n) is 5.12. The first-order valence-corrected chi connectivity index (χ1v) is 5.55. The van der Waals surface area contributed by atoms with Gasteiger partial charge in [0.2, 0.25) is 0 Å². The molecular weight excluding hydrogens is 220 g/mol. The Bertz CT molecular complexity index is 312. The Morgan fingerprint density at radius 1 is 1.29 bits per heavy atom. The average molecular weight is 242 g/mol. The highest BCUT2D eigenvalue weighted by Gasteiger charge is 2.27. The Morgan fingerprint density at radius 2 is 1.82 bits per heavy atom. The van der Waals surface area contributed by atoms with Crippen LogP contribution in [0.25, 0.3) is 0 Å². The average Bonchev–Trinajstić information content (AvgIpc) is 2.11. The summed E-state index contributed by atoms with van der Waals surface area (Å²) in [6.45, 7) is 9.39. The predicted octanol–water partition coefficient (Wildman–Crippen LogP) is 1.85.